The molecule has 0 amide bonds. The second kappa shape index (κ2) is 5.70. The molecule has 1 aliphatic heterocycles. The lowest BCUT2D eigenvalue weighted by Crippen LogP contribution is -2.43. The van der Waals surface area contributed by atoms with Gasteiger partial charge in [0.05, 0.1) is 12.5 Å². The quantitative estimate of drug-likeness (QED) is 0.810. The summed E-state index contributed by atoms with van der Waals surface area (Å²) in [6, 6.07) is 19.8. The van der Waals surface area contributed by atoms with Crippen LogP contribution in [0.3, 0.4) is 0 Å². The van der Waals surface area contributed by atoms with E-state index in [1.807, 2.05) is 60.7 Å². The van der Waals surface area contributed by atoms with Crippen molar-refractivity contribution in [2.75, 3.05) is 7.11 Å². The number of rotatable bonds is 3. The van der Waals surface area contributed by atoms with Crippen LogP contribution in [0.5, 0.6) is 0 Å². The van der Waals surface area contributed by atoms with Crippen molar-refractivity contribution in [3.05, 3.63) is 71.8 Å². The van der Waals surface area contributed by atoms with E-state index in [2.05, 4.69) is 0 Å². The van der Waals surface area contributed by atoms with Crippen LogP contribution < -0.4 is 0 Å². The summed E-state index contributed by atoms with van der Waals surface area (Å²) in [7, 11) is 1.64. The van der Waals surface area contributed by atoms with E-state index in [0.29, 0.717) is 12.8 Å². The maximum atomic E-state index is 12.1. The number of ether oxygens (including phenoxy) is 2. The summed E-state index contributed by atoms with van der Waals surface area (Å²) in [5.74, 6) is -0.221. The zero-order valence-electron chi connectivity index (χ0n) is 12.0. The topological polar surface area (TPSA) is 35.5 Å². The van der Waals surface area contributed by atoms with Gasteiger partial charge in [0.2, 0.25) is 0 Å². The molecule has 2 aromatic carbocycles. The Bertz CT molecular complexity index is 567. The molecule has 21 heavy (non-hydrogen) atoms. The molecule has 3 rings (SSSR count). The molecule has 0 spiro atoms. The molecule has 1 aliphatic rings. The maximum absolute atomic E-state index is 12.1. The van der Waals surface area contributed by atoms with E-state index < -0.39 is 5.60 Å². The lowest BCUT2D eigenvalue weighted by atomic mass is 9.79. The normalized spacial score (nSPS) is 20.8. The van der Waals surface area contributed by atoms with Gasteiger partial charge in [-0.3, -0.25) is 4.79 Å². The third kappa shape index (κ3) is 2.57. The van der Waals surface area contributed by atoms with Crippen LogP contribution in [-0.2, 0) is 19.9 Å². The zero-order valence-corrected chi connectivity index (χ0v) is 12.0. The summed E-state index contributed by atoms with van der Waals surface area (Å²) in [5.41, 5.74) is 1.19. The van der Waals surface area contributed by atoms with Crippen LogP contribution in [0.25, 0.3) is 0 Å². The molecule has 0 bridgehead atoms. The Morgan fingerprint density at radius 1 is 1.00 bits per heavy atom. The molecule has 0 N–H and O–H groups in total. The lowest BCUT2D eigenvalue weighted by molar-refractivity contribution is -0.173. The molecule has 0 saturated carbocycles. The highest BCUT2D eigenvalue weighted by atomic mass is 16.6. The molecule has 0 unspecified atom stereocenters. The van der Waals surface area contributed by atoms with Gasteiger partial charge in [-0.1, -0.05) is 60.7 Å². The van der Waals surface area contributed by atoms with Gasteiger partial charge >= 0.3 is 5.97 Å². The van der Waals surface area contributed by atoms with E-state index in [-0.39, 0.29) is 12.1 Å². The second-order valence-electron chi connectivity index (χ2n) is 5.30. The first kappa shape index (κ1) is 13.8. The standard InChI is InChI=1S/C18H18O3/c1-20-16-12-17(19)21-18(13-16,14-8-4-2-5-9-14)15-10-6-3-7-11-15/h2-11,16H,12-13H2,1H3/t16-/m1/s1. The Labute approximate surface area is 124 Å². The summed E-state index contributed by atoms with van der Waals surface area (Å²) < 4.78 is 11.3. The number of cyclic esters (lactones) is 1. The molecular formula is C18H18O3. The molecule has 1 saturated heterocycles. The Balaban J connectivity index is 2.13. The van der Waals surface area contributed by atoms with Crippen LogP contribution >= 0.6 is 0 Å². The Hall–Kier alpha value is -2.13. The van der Waals surface area contributed by atoms with Gasteiger partial charge in [-0.15, -0.1) is 0 Å². The average molecular weight is 282 g/mol. The lowest BCUT2D eigenvalue weighted by Gasteiger charge is -2.40. The smallest absolute Gasteiger partial charge is 0.309 e. The van der Waals surface area contributed by atoms with Crippen molar-refractivity contribution in [2.24, 2.45) is 0 Å². The predicted octanol–water partition coefficient (Wildman–Crippen LogP) is 3.28. The number of carbonyl (C=O) groups excluding carboxylic acids is 1. The summed E-state index contributed by atoms with van der Waals surface area (Å²) >= 11 is 0. The highest BCUT2D eigenvalue weighted by molar-refractivity contribution is 5.72. The molecule has 0 aromatic heterocycles. The third-order valence-electron chi connectivity index (χ3n) is 4.01. The Morgan fingerprint density at radius 3 is 2.00 bits per heavy atom. The van der Waals surface area contributed by atoms with Gasteiger partial charge in [-0.25, -0.2) is 0 Å². The molecule has 1 heterocycles. The van der Waals surface area contributed by atoms with Crippen molar-refractivity contribution in [1.82, 2.24) is 0 Å². The summed E-state index contributed by atoms with van der Waals surface area (Å²) in [4.78, 5) is 12.1. The van der Waals surface area contributed by atoms with E-state index >= 15 is 0 Å². The molecule has 0 aliphatic carbocycles. The molecule has 3 heteroatoms. The van der Waals surface area contributed by atoms with E-state index in [9.17, 15) is 4.79 Å². The van der Waals surface area contributed by atoms with Gasteiger partial charge < -0.3 is 9.47 Å². The van der Waals surface area contributed by atoms with Crippen molar-refractivity contribution in [3.8, 4) is 0 Å². The van der Waals surface area contributed by atoms with Gasteiger partial charge in [0, 0.05) is 24.7 Å². The molecule has 108 valence electrons. The van der Waals surface area contributed by atoms with Crippen LogP contribution in [-0.4, -0.2) is 19.2 Å². The monoisotopic (exact) mass is 282 g/mol. The van der Waals surface area contributed by atoms with Gasteiger partial charge in [-0.2, -0.15) is 0 Å². The van der Waals surface area contributed by atoms with Gasteiger partial charge in [-0.05, 0) is 0 Å². The number of hydrogen-bond acceptors (Lipinski definition) is 3. The minimum Gasteiger partial charge on any atom is -0.449 e. The highest BCUT2D eigenvalue weighted by Crippen LogP contribution is 2.42. The van der Waals surface area contributed by atoms with Crippen molar-refractivity contribution >= 4 is 5.97 Å². The fourth-order valence-corrected chi connectivity index (χ4v) is 2.96. The van der Waals surface area contributed by atoms with Gasteiger partial charge in [0.1, 0.15) is 0 Å². The van der Waals surface area contributed by atoms with E-state index in [4.69, 9.17) is 9.47 Å². The first-order chi connectivity index (χ1) is 10.2. The van der Waals surface area contributed by atoms with Crippen LogP contribution in [0.1, 0.15) is 24.0 Å². The van der Waals surface area contributed by atoms with E-state index in [1.54, 1.807) is 7.11 Å². The predicted molar refractivity (Wildman–Crippen MR) is 79.8 cm³/mol. The molecule has 3 nitrogen and oxygen atoms in total. The third-order valence-corrected chi connectivity index (χ3v) is 4.01. The number of carbonyl (C=O) groups is 1. The summed E-state index contributed by atoms with van der Waals surface area (Å²) in [5, 5.41) is 0. The van der Waals surface area contributed by atoms with Crippen LogP contribution in [0.4, 0.5) is 0 Å². The Morgan fingerprint density at radius 2 is 1.52 bits per heavy atom. The Kier molecular flexibility index (Phi) is 3.76. The van der Waals surface area contributed by atoms with Crippen molar-refractivity contribution in [3.63, 3.8) is 0 Å². The molecule has 1 atom stereocenters. The largest absolute Gasteiger partial charge is 0.449 e. The number of esters is 1. The van der Waals surface area contributed by atoms with E-state index in [1.165, 1.54) is 0 Å². The SMILES string of the molecule is CO[C@@H]1CC(=O)OC(c2ccccc2)(c2ccccc2)C1. The number of methoxy groups -OCH3 is 1. The fourth-order valence-electron chi connectivity index (χ4n) is 2.96. The highest BCUT2D eigenvalue weighted by Gasteiger charge is 2.44. The van der Waals surface area contributed by atoms with Crippen LogP contribution in [0.2, 0.25) is 0 Å². The van der Waals surface area contributed by atoms with Gasteiger partial charge in [0.25, 0.3) is 0 Å². The molecular weight excluding hydrogens is 264 g/mol. The maximum Gasteiger partial charge on any atom is 0.309 e. The fraction of sp³-hybridized carbons (Fsp3) is 0.278. The molecule has 1 fully saturated rings. The zero-order chi connectivity index (χ0) is 14.7. The minimum absolute atomic E-state index is 0.133. The summed E-state index contributed by atoms with van der Waals surface area (Å²) in [6.45, 7) is 0. The first-order valence-corrected chi connectivity index (χ1v) is 7.10. The summed E-state index contributed by atoms with van der Waals surface area (Å²) in [6.07, 6.45) is 0.799. The molecule has 0 radical (unpaired) electrons. The van der Waals surface area contributed by atoms with Crippen molar-refractivity contribution in [2.45, 2.75) is 24.5 Å². The van der Waals surface area contributed by atoms with Crippen molar-refractivity contribution < 1.29 is 14.3 Å². The van der Waals surface area contributed by atoms with E-state index in [0.717, 1.165) is 11.1 Å². The molecule has 2 aromatic rings. The van der Waals surface area contributed by atoms with Crippen molar-refractivity contribution in [1.29, 1.82) is 0 Å². The second-order valence-corrected chi connectivity index (χ2v) is 5.30. The number of benzene rings is 2. The average Bonchev–Trinajstić information content (AvgIpc) is 2.55. The number of hydrogen-bond donors (Lipinski definition) is 0. The van der Waals surface area contributed by atoms with Crippen LogP contribution in [0.15, 0.2) is 60.7 Å². The first-order valence-electron chi connectivity index (χ1n) is 7.10. The minimum atomic E-state index is -0.765. The van der Waals surface area contributed by atoms with Gasteiger partial charge in [0.15, 0.2) is 5.60 Å². The van der Waals surface area contributed by atoms with Crippen LogP contribution in [0, 0.1) is 0 Å².